The number of para-hydroxylation sites is 1. The van der Waals surface area contributed by atoms with E-state index in [4.69, 9.17) is 4.98 Å². The summed E-state index contributed by atoms with van der Waals surface area (Å²) < 4.78 is 1.30. The molecule has 1 aliphatic rings. The Kier molecular flexibility index (Phi) is 3.45. The lowest BCUT2D eigenvalue weighted by Crippen LogP contribution is -2.27. The van der Waals surface area contributed by atoms with Crippen LogP contribution >= 0.6 is 27.3 Å². The summed E-state index contributed by atoms with van der Waals surface area (Å²) in [5, 5.41) is 2.30. The van der Waals surface area contributed by atoms with Gasteiger partial charge in [-0.1, -0.05) is 28.1 Å². The Morgan fingerprint density at radius 1 is 1.35 bits per heavy atom. The first kappa shape index (κ1) is 11.6. The van der Waals surface area contributed by atoms with Gasteiger partial charge in [0.05, 0.1) is 16.8 Å². The average molecular weight is 311 g/mol. The van der Waals surface area contributed by atoms with E-state index in [-0.39, 0.29) is 0 Å². The number of alkyl halides is 1. The number of rotatable bonds is 5. The molecule has 0 spiro atoms. The van der Waals surface area contributed by atoms with Crippen molar-refractivity contribution < 1.29 is 0 Å². The fourth-order valence-electron chi connectivity index (χ4n) is 2.10. The maximum Gasteiger partial charge on any atom is 0.108 e. The summed E-state index contributed by atoms with van der Waals surface area (Å²) in [5.74, 6) is 0. The summed E-state index contributed by atoms with van der Waals surface area (Å²) in [6.07, 6.45) is 2.72. The third-order valence-corrected chi connectivity index (χ3v) is 4.49. The smallest absolute Gasteiger partial charge is 0.108 e. The Morgan fingerprint density at radius 2 is 2.18 bits per heavy atom. The lowest BCUT2D eigenvalue weighted by molar-refractivity contribution is 0.272. The Hall–Kier alpha value is -0.450. The molecule has 2 aromatic rings. The van der Waals surface area contributed by atoms with Gasteiger partial charge < -0.3 is 0 Å². The third kappa shape index (κ3) is 2.69. The summed E-state index contributed by atoms with van der Waals surface area (Å²) in [5.41, 5.74) is 1.14. The molecule has 0 radical (unpaired) electrons. The fraction of sp³-hybridized carbons (Fsp3) is 0.462. The molecule has 1 saturated carbocycles. The molecule has 0 amide bonds. The van der Waals surface area contributed by atoms with Gasteiger partial charge in [0, 0.05) is 17.9 Å². The minimum atomic E-state index is 0.805. The van der Waals surface area contributed by atoms with Gasteiger partial charge in [0.2, 0.25) is 0 Å². The summed E-state index contributed by atoms with van der Waals surface area (Å²) in [6.45, 7) is 2.14. The molecule has 0 N–H and O–H groups in total. The molecule has 90 valence electrons. The van der Waals surface area contributed by atoms with E-state index in [1.807, 2.05) is 11.3 Å². The molecule has 3 rings (SSSR count). The van der Waals surface area contributed by atoms with E-state index in [2.05, 4.69) is 45.1 Å². The number of halogens is 1. The Balaban J connectivity index is 1.78. The number of aromatic nitrogens is 1. The molecule has 2 nitrogen and oxygen atoms in total. The van der Waals surface area contributed by atoms with Gasteiger partial charge in [0.1, 0.15) is 5.01 Å². The molecule has 1 heterocycles. The van der Waals surface area contributed by atoms with Crippen LogP contribution in [-0.4, -0.2) is 27.8 Å². The van der Waals surface area contributed by atoms with E-state index in [9.17, 15) is 0 Å². The number of thiazole rings is 1. The first-order chi connectivity index (χ1) is 8.36. The van der Waals surface area contributed by atoms with Crippen molar-refractivity contribution >= 4 is 37.5 Å². The predicted molar refractivity (Wildman–Crippen MR) is 76.8 cm³/mol. The molecule has 17 heavy (non-hydrogen) atoms. The van der Waals surface area contributed by atoms with Crippen LogP contribution in [0.25, 0.3) is 10.2 Å². The Morgan fingerprint density at radius 3 is 2.88 bits per heavy atom. The van der Waals surface area contributed by atoms with Crippen LogP contribution in [-0.2, 0) is 6.54 Å². The fourth-order valence-corrected chi connectivity index (χ4v) is 3.55. The molecule has 4 heteroatoms. The summed E-state index contributed by atoms with van der Waals surface area (Å²) in [7, 11) is 0. The normalized spacial score (nSPS) is 15.9. The summed E-state index contributed by atoms with van der Waals surface area (Å²) in [6, 6.07) is 9.20. The van der Waals surface area contributed by atoms with E-state index in [1.165, 1.54) is 22.5 Å². The van der Waals surface area contributed by atoms with Crippen molar-refractivity contribution in [2.75, 3.05) is 11.9 Å². The van der Waals surface area contributed by atoms with Crippen molar-refractivity contribution in [1.29, 1.82) is 0 Å². The van der Waals surface area contributed by atoms with Gasteiger partial charge in [-0.15, -0.1) is 11.3 Å². The van der Waals surface area contributed by atoms with Gasteiger partial charge >= 0.3 is 0 Å². The summed E-state index contributed by atoms with van der Waals surface area (Å²) in [4.78, 5) is 7.25. The van der Waals surface area contributed by atoms with Gasteiger partial charge in [-0.25, -0.2) is 4.98 Å². The zero-order chi connectivity index (χ0) is 11.7. The zero-order valence-corrected chi connectivity index (χ0v) is 12.0. The van der Waals surface area contributed by atoms with Crippen molar-refractivity contribution in [2.24, 2.45) is 0 Å². The van der Waals surface area contributed by atoms with Gasteiger partial charge in [0.25, 0.3) is 0 Å². The van der Waals surface area contributed by atoms with Crippen LogP contribution in [0.2, 0.25) is 0 Å². The van der Waals surface area contributed by atoms with Crippen molar-refractivity contribution in [2.45, 2.75) is 25.4 Å². The van der Waals surface area contributed by atoms with Crippen molar-refractivity contribution in [3.63, 3.8) is 0 Å². The standard InChI is InChI=1S/C13H15BrN2S/c14-7-8-16(10-5-6-10)9-13-15-11-3-1-2-4-12(11)17-13/h1-4,10H,5-9H2. The van der Waals surface area contributed by atoms with E-state index in [0.717, 1.165) is 30.0 Å². The highest BCUT2D eigenvalue weighted by Crippen LogP contribution is 2.30. The Bertz CT molecular complexity index is 474. The Labute approximate surface area is 114 Å². The average Bonchev–Trinajstić information content (AvgIpc) is 3.09. The van der Waals surface area contributed by atoms with E-state index in [1.54, 1.807) is 0 Å². The maximum atomic E-state index is 4.71. The topological polar surface area (TPSA) is 16.1 Å². The van der Waals surface area contributed by atoms with E-state index in [0.29, 0.717) is 0 Å². The predicted octanol–water partition coefficient (Wildman–Crippen LogP) is 3.66. The zero-order valence-electron chi connectivity index (χ0n) is 9.60. The van der Waals surface area contributed by atoms with Crippen LogP contribution in [0.4, 0.5) is 0 Å². The highest BCUT2D eigenvalue weighted by atomic mass is 79.9. The molecule has 0 saturated heterocycles. The van der Waals surface area contributed by atoms with Crippen LogP contribution < -0.4 is 0 Å². The molecule has 0 unspecified atom stereocenters. The first-order valence-corrected chi connectivity index (χ1v) is 7.95. The molecular formula is C13H15BrN2S. The minimum Gasteiger partial charge on any atom is -0.293 e. The van der Waals surface area contributed by atoms with Crippen LogP contribution in [0.15, 0.2) is 24.3 Å². The van der Waals surface area contributed by atoms with Crippen molar-refractivity contribution in [1.82, 2.24) is 9.88 Å². The third-order valence-electron chi connectivity index (χ3n) is 3.11. The van der Waals surface area contributed by atoms with Gasteiger partial charge in [0.15, 0.2) is 0 Å². The van der Waals surface area contributed by atoms with E-state index >= 15 is 0 Å². The largest absolute Gasteiger partial charge is 0.293 e. The van der Waals surface area contributed by atoms with E-state index < -0.39 is 0 Å². The number of hydrogen-bond acceptors (Lipinski definition) is 3. The molecular weight excluding hydrogens is 296 g/mol. The lowest BCUT2D eigenvalue weighted by Gasteiger charge is -2.18. The molecule has 1 aromatic carbocycles. The summed E-state index contributed by atoms with van der Waals surface area (Å²) >= 11 is 5.36. The van der Waals surface area contributed by atoms with Crippen molar-refractivity contribution in [3.8, 4) is 0 Å². The molecule has 0 bridgehead atoms. The molecule has 1 aliphatic carbocycles. The highest BCUT2D eigenvalue weighted by molar-refractivity contribution is 9.09. The highest BCUT2D eigenvalue weighted by Gasteiger charge is 2.28. The monoisotopic (exact) mass is 310 g/mol. The van der Waals surface area contributed by atoms with Gasteiger partial charge in [-0.2, -0.15) is 0 Å². The lowest BCUT2D eigenvalue weighted by atomic mass is 10.3. The first-order valence-electron chi connectivity index (χ1n) is 6.01. The second-order valence-corrected chi connectivity index (χ2v) is 6.37. The maximum absolute atomic E-state index is 4.71. The van der Waals surface area contributed by atoms with Gasteiger partial charge in [-0.3, -0.25) is 4.90 Å². The van der Waals surface area contributed by atoms with Gasteiger partial charge in [-0.05, 0) is 25.0 Å². The molecule has 0 aliphatic heterocycles. The van der Waals surface area contributed by atoms with Crippen LogP contribution in [0.1, 0.15) is 17.8 Å². The minimum absolute atomic E-state index is 0.805. The second kappa shape index (κ2) is 5.04. The number of hydrogen-bond donors (Lipinski definition) is 0. The quantitative estimate of drug-likeness (QED) is 0.784. The molecule has 1 aromatic heterocycles. The number of benzene rings is 1. The molecule has 0 atom stereocenters. The second-order valence-electron chi connectivity index (χ2n) is 4.47. The SMILES string of the molecule is BrCCN(Cc1nc2ccccc2s1)C1CC1. The van der Waals surface area contributed by atoms with Crippen LogP contribution in [0.3, 0.4) is 0 Å². The van der Waals surface area contributed by atoms with Crippen LogP contribution in [0, 0.1) is 0 Å². The van der Waals surface area contributed by atoms with Crippen molar-refractivity contribution in [3.05, 3.63) is 29.3 Å². The molecule has 1 fully saturated rings. The van der Waals surface area contributed by atoms with Crippen LogP contribution in [0.5, 0.6) is 0 Å². The number of nitrogens with zero attached hydrogens (tertiary/aromatic N) is 2. The number of fused-ring (bicyclic) bond motifs is 1.